The van der Waals surface area contributed by atoms with Crippen molar-refractivity contribution in [1.82, 2.24) is 10.2 Å². The topological polar surface area (TPSA) is 49.4 Å². The number of carbonyl (C=O) groups excluding carboxylic acids is 2. The zero-order chi connectivity index (χ0) is 22.3. The number of rotatable bonds is 9. The predicted molar refractivity (Wildman–Crippen MR) is 126 cm³/mol. The van der Waals surface area contributed by atoms with Gasteiger partial charge in [0.1, 0.15) is 6.04 Å². The third kappa shape index (κ3) is 7.53. The van der Waals surface area contributed by atoms with Gasteiger partial charge in [0.05, 0.1) is 5.75 Å². The maximum atomic E-state index is 13.1. The maximum Gasteiger partial charge on any atom is 0.242 e. The molecule has 0 aromatic heterocycles. The molecule has 2 aromatic carbocycles. The van der Waals surface area contributed by atoms with E-state index in [2.05, 4.69) is 5.32 Å². The molecule has 162 valence electrons. The van der Waals surface area contributed by atoms with Gasteiger partial charge in [0, 0.05) is 28.0 Å². The van der Waals surface area contributed by atoms with Crippen molar-refractivity contribution in [3.8, 4) is 0 Å². The lowest BCUT2D eigenvalue weighted by Crippen LogP contribution is -2.48. The summed E-state index contributed by atoms with van der Waals surface area (Å²) in [7, 11) is 0. The highest BCUT2D eigenvalue weighted by atomic mass is 35.5. The summed E-state index contributed by atoms with van der Waals surface area (Å²) < 4.78 is 0. The SMILES string of the molecule is Cc1ccc(SCC(=O)N(Cc2ccc(Cl)cc2Cl)[C@@H](C)C(=O)NCC(C)C)cc1. The molecule has 4 nitrogen and oxygen atoms in total. The summed E-state index contributed by atoms with van der Waals surface area (Å²) in [6.07, 6.45) is 0. The second kappa shape index (κ2) is 11.6. The van der Waals surface area contributed by atoms with Crippen LogP contribution in [0.2, 0.25) is 10.0 Å². The number of nitrogens with zero attached hydrogens (tertiary/aromatic N) is 1. The number of thioether (sulfide) groups is 1. The second-order valence-corrected chi connectivity index (χ2v) is 9.57. The van der Waals surface area contributed by atoms with Gasteiger partial charge < -0.3 is 10.2 Å². The Morgan fingerprint density at radius 2 is 1.73 bits per heavy atom. The number of halogens is 2. The van der Waals surface area contributed by atoms with Crippen LogP contribution in [0.15, 0.2) is 47.4 Å². The van der Waals surface area contributed by atoms with E-state index >= 15 is 0 Å². The van der Waals surface area contributed by atoms with Crippen LogP contribution in [0.25, 0.3) is 0 Å². The molecule has 0 saturated heterocycles. The van der Waals surface area contributed by atoms with Crippen LogP contribution in [-0.4, -0.2) is 35.1 Å². The molecular formula is C23H28Cl2N2O2S. The fourth-order valence-electron chi connectivity index (χ4n) is 2.73. The first-order valence-electron chi connectivity index (χ1n) is 9.88. The van der Waals surface area contributed by atoms with Crippen LogP contribution in [0.3, 0.4) is 0 Å². The molecule has 1 atom stereocenters. The van der Waals surface area contributed by atoms with Gasteiger partial charge in [-0.2, -0.15) is 0 Å². The molecule has 0 aliphatic carbocycles. The van der Waals surface area contributed by atoms with E-state index in [0.29, 0.717) is 22.5 Å². The number of aryl methyl sites for hydroxylation is 1. The molecule has 0 radical (unpaired) electrons. The van der Waals surface area contributed by atoms with Crippen LogP contribution >= 0.6 is 35.0 Å². The summed E-state index contributed by atoms with van der Waals surface area (Å²) in [6, 6.07) is 12.6. The average molecular weight is 467 g/mol. The van der Waals surface area contributed by atoms with E-state index in [1.165, 1.54) is 17.3 Å². The van der Waals surface area contributed by atoms with Crippen molar-refractivity contribution in [2.75, 3.05) is 12.3 Å². The van der Waals surface area contributed by atoms with Gasteiger partial charge in [-0.05, 0) is 49.6 Å². The molecule has 7 heteroatoms. The highest BCUT2D eigenvalue weighted by Crippen LogP contribution is 2.25. The Balaban J connectivity index is 2.16. The first-order chi connectivity index (χ1) is 14.2. The summed E-state index contributed by atoms with van der Waals surface area (Å²) in [5.41, 5.74) is 1.92. The smallest absolute Gasteiger partial charge is 0.242 e. The van der Waals surface area contributed by atoms with E-state index in [1.807, 2.05) is 45.0 Å². The van der Waals surface area contributed by atoms with E-state index in [1.54, 1.807) is 30.0 Å². The standard InChI is InChI=1S/C23H28Cl2N2O2S/c1-15(2)12-26-23(29)17(4)27(13-18-7-8-19(24)11-21(18)25)22(28)14-30-20-9-5-16(3)6-10-20/h5-11,15,17H,12-14H2,1-4H3,(H,26,29)/t17-/m0/s1. The highest BCUT2D eigenvalue weighted by molar-refractivity contribution is 8.00. The third-order valence-electron chi connectivity index (χ3n) is 4.59. The summed E-state index contributed by atoms with van der Waals surface area (Å²) in [5, 5.41) is 3.91. The number of hydrogen-bond acceptors (Lipinski definition) is 3. The van der Waals surface area contributed by atoms with Gasteiger partial charge in [-0.15, -0.1) is 11.8 Å². The third-order valence-corrected chi connectivity index (χ3v) is 6.17. The Bertz CT molecular complexity index is 872. The largest absolute Gasteiger partial charge is 0.354 e. The Hall–Kier alpha value is -1.69. The van der Waals surface area contributed by atoms with Crippen molar-refractivity contribution in [1.29, 1.82) is 0 Å². The van der Waals surface area contributed by atoms with E-state index in [4.69, 9.17) is 23.2 Å². The normalized spacial score (nSPS) is 12.0. The molecule has 2 aromatic rings. The van der Waals surface area contributed by atoms with Crippen molar-refractivity contribution >= 4 is 46.8 Å². The minimum absolute atomic E-state index is 0.126. The van der Waals surface area contributed by atoms with Crippen LogP contribution in [0.1, 0.15) is 31.9 Å². The lowest BCUT2D eigenvalue weighted by Gasteiger charge is -2.29. The molecule has 0 unspecified atom stereocenters. The molecule has 0 aliphatic rings. The number of nitrogens with one attached hydrogen (secondary N) is 1. The Labute approximate surface area is 193 Å². The molecule has 0 aliphatic heterocycles. The van der Waals surface area contributed by atoms with E-state index in [-0.39, 0.29) is 24.1 Å². The number of amides is 2. The fraction of sp³-hybridized carbons (Fsp3) is 0.391. The second-order valence-electron chi connectivity index (χ2n) is 7.67. The lowest BCUT2D eigenvalue weighted by molar-refractivity contribution is -0.138. The summed E-state index contributed by atoms with van der Waals surface area (Å²) in [4.78, 5) is 28.4. The van der Waals surface area contributed by atoms with Gasteiger partial charge >= 0.3 is 0 Å². The van der Waals surface area contributed by atoms with Crippen LogP contribution in [0.5, 0.6) is 0 Å². The van der Waals surface area contributed by atoms with Gasteiger partial charge in [0.2, 0.25) is 11.8 Å². The van der Waals surface area contributed by atoms with Crippen molar-refractivity contribution < 1.29 is 9.59 Å². The lowest BCUT2D eigenvalue weighted by atomic mass is 10.1. The van der Waals surface area contributed by atoms with Crippen LogP contribution in [0, 0.1) is 12.8 Å². The van der Waals surface area contributed by atoms with E-state index < -0.39 is 6.04 Å². The zero-order valence-electron chi connectivity index (χ0n) is 17.7. The predicted octanol–water partition coefficient (Wildman–Crippen LogP) is 5.58. The molecule has 2 rings (SSSR count). The molecule has 2 amide bonds. The van der Waals surface area contributed by atoms with Gasteiger partial charge in [-0.25, -0.2) is 0 Å². The Morgan fingerprint density at radius 3 is 2.33 bits per heavy atom. The Morgan fingerprint density at radius 1 is 1.07 bits per heavy atom. The van der Waals surface area contributed by atoms with Crippen molar-refractivity contribution in [3.63, 3.8) is 0 Å². The quantitative estimate of drug-likeness (QED) is 0.490. The minimum atomic E-state index is -0.624. The molecular weight excluding hydrogens is 439 g/mol. The molecule has 30 heavy (non-hydrogen) atoms. The summed E-state index contributed by atoms with van der Waals surface area (Å²) in [5.74, 6) is 0.255. The van der Waals surface area contributed by atoms with Crippen LogP contribution < -0.4 is 5.32 Å². The van der Waals surface area contributed by atoms with Gasteiger partial charge in [-0.1, -0.05) is 60.8 Å². The first kappa shape index (κ1) is 24.6. The molecule has 1 N–H and O–H groups in total. The molecule has 0 saturated carbocycles. The molecule has 0 spiro atoms. The molecule has 0 bridgehead atoms. The Kier molecular flexibility index (Phi) is 9.53. The summed E-state index contributed by atoms with van der Waals surface area (Å²) >= 11 is 13.8. The van der Waals surface area contributed by atoms with Gasteiger partial charge in [0.15, 0.2) is 0 Å². The van der Waals surface area contributed by atoms with Crippen molar-refractivity contribution in [2.24, 2.45) is 5.92 Å². The number of hydrogen-bond donors (Lipinski definition) is 1. The molecule has 0 heterocycles. The summed E-state index contributed by atoms with van der Waals surface area (Å²) in [6.45, 7) is 8.62. The average Bonchev–Trinajstić information content (AvgIpc) is 2.70. The van der Waals surface area contributed by atoms with Crippen LogP contribution in [0.4, 0.5) is 0 Å². The zero-order valence-corrected chi connectivity index (χ0v) is 20.1. The van der Waals surface area contributed by atoms with E-state index in [0.717, 1.165) is 10.5 Å². The van der Waals surface area contributed by atoms with Crippen molar-refractivity contribution in [2.45, 2.75) is 45.2 Å². The van der Waals surface area contributed by atoms with Crippen LogP contribution in [-0.2, 0) is 16.1 Å². The highest BCUT2D eigenvalue weighted by Gasteiger charge is 2.26. The fourth-order valence-corrected chi connectivity index (χ4v) is 3.98. The molecule has 0 fully saturated rings. The maximum absolute atomic E-state index is 13.1. The number of benzene rings is 2. The minimum Gasteiger partial charge on any atom is -0.354 e. The van der Waals surface area contributed by atoms with E-state index in [9.17, 15) is 9.59 Å². The number of carbonyl (C=O) groups is 2. The van der Waals surface area contributed by atoms with Crippen molar-refractivity contribution in [3.05, 3.63) is 63.6 Å². The van der Waals surface area contributed by atoms with Gasteiger partial charge in [-0.3, -0.25) is 9.59 Å². The monoisotopic (exact) mass is 466 g/mol. The first-order valence-corrected chi connectivity index (χ1v) is 11.6. The van der Waals surface area contributed by atoms with Gasteiger partial charge in [0.25, 0.3) is 0 Å².